The lowest BCUT2D eigenvalue weighted by Crippen LogP contribution is -1.92. The Kier molecular flexibility index (Phi) is 3.65. The summed E-state index contributed by atoms with van der Waals surface area (Å²) in [7, 11) is 0. The van der Waals surface area contributed by atoms with Crippen LogP contribution in [0.2, 0.25) is 5.02 Å². The molecule has 0 aliphatic heterocycles. The Labute approximate surface area is 86.2 Å². The molecule has 0 heterocycles. The van der Waals surface area contributed by atoms with Crippen LogP contribution in [0.1, 0.15) is 12.0 Å². The fraction of sp³-hybridized carbons (Fsp3) is 0.100. The zero-order chi connectivity index (χ0) is 10.6. The molecule has 0 unspecified atom stereocenters. The molecule has 0 atom stereocenters. The molecule has 0 saturated carbocycles. The topological polar surface area (TPSA) is 43.1 Å². The average Bonchev–Trinajstić information content (AvgIpc) is 2.13. The number of hydrogen-bond donors (Lipinski definition) is 1. The van der Waals surface area contributed by atoms with E-state index in [0.29, 0.717) is 11.3 Å². The van der Waals surface area contributed by atoms with E-state index in [1.54, 1.807) is 12.2 Å². The van der Waals surface area contributed by atoms with Crippen molar-refractivity contribution in [2.75, 3.05) is 5.73 Å². The molecule has 1 aromatic rings. The van der Waals surface area contributed by atoms with Crippen LogP contribution in [0.15, 0.2) is 18.2 Å². The second-order valence-electron chi connectivity index (χ2n) is 2.70. The highest BCUT2D eigenvalue weighted by Gasteiger charge is 2.03. The van der Waals surface area contributed by atoms with Crippen LogP contribution in [0.3, 0.4) is 0 Å². The van der Waals surface area contributed by atoms with E-state index >= 15 is 0 Å². The van der Waals surface area contributed by atoms with Crippen molar-refractivity contribution in [1.29, 1.82) is 0 Å². The lowest BCUT2D eigenvalue weighted by Gasteiger charge is -2.02. The molecular formula is C10H9ClFNO. The van der Waals surface area contributed by atoms with E-state index in [4.69, 9.17) is 17.3 Å². The highest BCUT2D eigenvalue weighted by molar-refractivity contribution is 6.33. The molecule has 1 rings (SSSR count). The minimum atomic E-state index is -0.449. The summed E-state index contributed by atoms with van der Waals surface area (Å²) in [4.78, 5) is 10.0. The zero-order valence-corrected chi connectivity index (χ0v) is 8.09. The van der Waals surface area contributed by atoms with Gasteiger partial charge >= 0.3 is 0 Å². The van der Waals surface area contributed by atoms with E-state index in [9.17, 15) is 9.18 Å². The van der Waals surface area contributed by atoms with Gasteiger partial charge < -0.3 is 10.5 Å². The minimum absolute atomic E-state index is 0.177. The lowest BCUT2D eigenvalue weighted by atomic mass is 10.1. The van der Waals surface area contributed by atoms with Crippen LogP contribution in [-0.4, -0.2) is 6.29 Å². The third-order valence-corrected chi connectivity index (χ3v) is 1.97. The number of benzene rings is 1. The van der Waals surface area contributed by atoms with Gasteiger partial charge in [-0.2, -0.15) is 0 Å². The monoisotopic (exact) mass is 213 g/mol. The number of carbonyl (C=O) groups excluding carboxylic acids is 1. The molecular weight excluding hydrogens is 205 g/mol. The average molecular weight is 214 g/mol. The molecule has 0 aliphatic carbocycles. The van der Waals surface area contributed by atoms with E-state index in [1.165, 1.54) is 6.07 Å². The largest absolute Gasteiger partial charge is 0.397 e. The van der Waals surface area contributed by atoms with E-state index in [-0.39, 0.29) is 11.4 Å². The van der Waals surface area contributed by atoms with Gasteiger partial charge in [-0.25, -0.2) is 4.39 Å². The molecule has 2 N–H and O–H groups in total. The van der Waals surface area contributed by atoms with Crippen LogP contribution in [0.5, 0.6) is 0 Å². The molecule has 1 aromatic carbocycles. The number of carbonyl (C=O) groups is 1. The van der Waals surface area contributed by atoms with Gasteiger partial charge in [0.2, 0.25) is 0 Å². The summed E-state index contributed by atoms with van der Waals surface area (Å²) in [6.45, 7) is 0. The first-order valence-electron chi connectivity index (χ1n) is 4.00. The zero-order valence-electron chi connectivity index (χ0n) is 7.34. The van der Waals surface area contributed by atoms with Crippen molar-refractivity contribution in [3.05, 3.63) is 34.6 Å². The third-order valence-electron chi connectivity index (χ3n) is 1.66. The van der Waals surface area contributed by atoms with Gasteiger partial charge in [0.1, 0.15) is 12.1 Å². The smallest absolute Gasteiger partial charge is 0.125 e. The van der Waals surface area contributed by atoms with Gasteiger partial charge in [0.05, 0.1) is 10.7 Å². The summed E-state index contributed by atoms with van der Waals surface area (Å²) < 4.78 is 12.9. The summed E-state index contributed by atoms with van der Waals surface area (Å²) in [6, 6.07) is 2.41. The van der Waals surface area contributed by atoms with Crippen molar-refractivity contribution < 1.29 is 9.18 Å². The van der Waals surface area contributed by atoms with E-state index in [2.05, 4.69) is 0 Å². The number of rotatable bonds is 3. The molecule has 0 spiro atoms. The van der Waals surface area contributed by atoms with Gasteiger partial charge in [0, 0.05) is 12.0 Å². The molecule has 14 heavy (non-hydrogen) atoms. The predicted molar refractivity (Wildman–Crippen MR) is 55.5 cm³/mol. The summed E-state index contributed by atoms with van der Waals surface area (Å²) in [5.41, 5.74) is 6.39. The lowest BCUT2D eigenvalue weighted by molar-refractivity contribution is -0.107. The van der Waals surface area contributed by atoms with Gasteiger partial charge in [-0.3, -0.25) is 0 Å². The maximum absolute atomic E-state index is 12.9. The fourth-order valence-electron chi connectivity index (χ4n) is 0.993. The van der Waals surface area contributed by atoms with E-state index in [1.807, 2.05) is 0 Å². The minimum Gasteiger partial charge on any atom is -0.397 e. The highest BCUT2D eigenvalue weighted by atomic mass is 35.5. The van der Waals surface area contributed by atoms with Crippen molar-refractivity contribution in [2.45, 2.75) is 6.42 Å². The molecule has 0 saturated heterocycles. The van der Waals surface area contributed by atoms with Crippen LogP contribution >= 0.6 is 11.6 Å². The third kappa shape index (κ3) is 2.57. The van der Waals surface area contributed by atoms with Crippen molar-refractivity contribution in [3.63, 3.8) is 0 Å². The molecule has 0 aromatic heterocycles. The molecule has 0 aliphatic rings. The van der Waals surface area contributed by atoms with Crippen molar-refractivity contribution in [1.82, 2.24) is 0 Å². The first kappa shape index (κ1) is 10.7. The first-order chi connectivity index (χ1) is 6.65. The Hall–Kier alpha value is -1.35. The molecule has 0 fully saturated rings. The molecule has 74 valence electrons. The normalized spacial score (nSPS) is 10.7. The van der Waals surface area contributed by atoms with Crippen molar-refractivity contribution in [2.24, 2.45) is 0 Å². The SMILES string of the molecule is Nc1c(Cl)cc(F)cc1C=CCC=O. The first-order valence-corrected chi connectivity index (χ1v) is 4.37. The Morgan fingerprint density at radius 1 is 1.50 bits per heavy atom. The molecule has 4 heteroatoms. The van der Waals surface area contributed by atoms with E-state index in [0.717, 1.165) is 12.4 Å². The number of nitrogen functional groups attached to an aromatic ring is 1. The van der Waals surface area contributed by atoms with Gasteiger partial charge in [0.15, 0.2) is 0 Å². The van der Waals surface area contributed by atoms with Gasteiger partial charge in [-0.05, 0) is 12.1 Å². The summed E-state index contributed by atoms with van der Waals surface area (Å²) in [5, 5.41) is 0.177. The summed E-state index contributed by atoms with van der Waals surface area (Å²) in [5.74, 6) is -0.449. The molecule has 0 bridgehead atoms. The van der Waals surface area contributed by atoms with Crippen LogP contribution in [-0.2, 0) is 4.79 Å². The maximum Gasteiger partial charge on any atom is 0.125 e. The second-order valence-corrected chi connectivity index (χ2v) is 3.10. The number of allylic oxidation sites excluding steroid dienone is 1. The van der Waals surface area contributed by atoms with Crippen molar-refractivity contribution in [3.8, 4) is 0 Å². The van der Waals surface area contributed by atoms with Gasteiger partial charge in [0.25, 0.3) is 0 Å². The Morgan fingerprint density at radius 3 is 2.86 bits per heavy atom. The number of aldehydes is 1. The summed E-state index contributed by atoms with van der Waals surface area (Å²) in [6.07, 6.45) is 4.17. The standard InChI is InChI=1S/C10H9ClFNO/c11-9-6-8(12)5-7(10(9)13)3-1-2-4-14/h1,3-6H,2,13H2. The second kappa shape index (κ2) is 4.77. The molecule has 2 nitrogen and oxygen atoms in total. The fourth-order valence-corrected chi connectivity index (χ4v) is 1.21. The number of anilines is 1. The van der Waals surface area contributed by atoms with Crippen LogP contribution in [0.4, 0.5) is 10.1 Å². The summed E-state index contributed by atoms with van der Waals surface area (Å²) >= 11 is 5.66. The van der Waals surface area contributed by atoms with Crippen LogP contribution in [0.25, 0.3) is 6.08 Å². The van der Waals surface area contributed by atoms with Crippen LogP contribution < -0.4 is 5.73 Å². The Balaban J connectivity index is 3.01. The Bertz CT molecular complexity index is 377. The number of nitrogens with two attached hydrogens (primary N) is 1. The van der Waals surface area contributed by atoms with Crippen molar-refractivity contribution >= 4 is 29.7 Å². The highest BCUT2D eigenvalue weighted by Crippen LogP contribution is 2.25. The quantitative estimate of drug-likeness (QED) is 0.620. The Morgan fingerprint density at radius 2 is 2.21 bits per heavy atom. The molecule has 0 radical (unpaired) electrons. The maximum atomic E-state index is 12.9. The molecule has 0 amide bonds. The number of hydrogen-bond acceptors (Lipinski definition) is 2. The predicted octanol–water partition coefficient (Wildman–Crippen LogP) is 2.66. The van der Waals surface area contributed by atoms with Gasteiger partial charge in [-0.15, -0.1) is 0 Å². The van der Waals surface area contributed by atoms with Gasteiger partial charge in [-0.1, -0.05) is 23.8 Å². The van der Waals surface area contributed by atoms with Crippen LogP contribution in [0, 0.1) is 5.82 Å². The number of halogens is 2. The van der Waals surface area contributed by atoms with E-state index < -0.39 is 5.82 Å².